The number of nitrogens with one attached hydrogen (secondary N) is 2. The highest BCUT2D eigenvalue weighted by Gasteiger charge is 2.38. The van der Waals surface area contributed by atoms with Crippen LogP contribution in [0.2, 0.25) is 5.02 Å². The zero-order chi connectivity index (χ0) is 27.3. The van der Waals surface area contributed by atoms with Crippen LogP contribution in [0, 0.1) is 12.3 Å². The van der Waals surface area contributed by atoms with Gasteiger partial charge in [0.1, 0.15) is 11.6 Å². The van der Waals surface area contributed by atoms with Crippen LogP contribution in [0.5, 0.6) is 5.75 Å². The number of pyridine rings is 1. The van der Waals surface area contributed by atoms with Gasteiger partial charge in [0, 0.05) is 51.8 Å². The molecule has 2 heterocycles. The van der Waals surface area contributed by atoms with Gasteiger partial charge in [-0.05, 0) is 70.2 Å². The van der Waals surface area contributed by atoms with Crippen LogP contribution in [-0.2, 0) is 30.5 Å². The maximum absolute atomic E-state index is 12.0. The third-order valence-corrected chi connectivity index (χ3v) is 8.00. The largest absolute Gasteiger partial charge is 0.493 e. The normalized spacial score (nSPS) is 13.9. The molecule has 1 saturated carbocycles. The van der Waals surface area contributed by atoms with Crippen molar-refractivity contribution in [2.24, 2.45) is 5.41 Å². The molecule has 4 rings (SSSR count). The molecule has 2 aromatic heterocycles. The van der Waals surface area contributed by atoms with E-state index in [0.717, 1.165) is 52.8 Å². The van der Waals surface area contributed by atoms with Gasteiger partial charge in [0.2, 0.25) is 0 Å². The van der Waals surface area contributed by atoms with E-state index in [2.05, 4.69) is 31.4 Å². The highest BCUT2D eigenvalue weighted by atomic mass is 35.5. The average molecular weight is 557 g/mol. The summed E-state index contributed by atoms with van der Waals surface area (Å²) in [6.07, 6.45) is 4.32. The van der Waals surface area contributed by atoms with Gasteiger partial charge in [-0.25, -0.2) is 14.8 Å². The summed E-state index contributed by atoms with van der Waals surface area (Å²) in [5, 5.41) is 7.81. The van der Waals surface area contributed by atoms with E-state index in [0.29, 0.717) is 23.9 Å². The molecule has 0 aliphatic heterocycles. The summed E-state index contributed by atoms with van der Waals surface area (Å²) >= 11 is 8.11. The van der Waals surface area contributed by atoms with E-state index >= 15 is 0 Å². The van der Waals surface area contributed by atoms with Gasteiger partial charge in [-0.2, -0.15) is 0 Å². The Hall–Kier alpha value is -2.84. The van der Waals surface area contributed by atoms with Crippen molar-refractivity contribution in [1.82, 2.24) is 9.97 Å². The Morgan fingerprint density at radius 1 is 1.16 bits per heavy atom. The molecule has 0 bridgehead atoms. The molecule has 2 N–H and O–H groups in total. The minimum absolute atomic E-state index is 0.207. The average Bonchev–Trinajstić information content (AvgIpc) is 3.48. The molecular formula is C29H37ClN4O3S. The van der Waals surface area contributed by atoms with Gasteiger partial charge in [0.05, 0.1) is 23.4 Å². The lowest BCUT2D eigenvalue weighted by atomic mass is 10.1. The lowest BCUT2D eigenvalue weighted by molar-refractivity contribution is 0.130. The minimum Gasteiger partial charge on any atom is -0.493 e. The van der Waals surface area contributed by atoms with Crippen LogP contribution >= 0.6 is 22.9 Å². The Bertz CT molecular complexity index is 1270. The highest BCUT2D eigenvalue weighted by Crippen LogP contribution is 2.45. The van der Waals surface area contributed by atoms with E-state index in [1.54, 1.807) is 31.3 Å². The highest BCUT2D eigenvalue weighted by molar-refractivity contribution is 7.11. The molecule has 1 aliphatic rings. The predicted molar refractivity (Wildman–Crippen MR) is 155 cm³/mol. The molecule has 7 nitrogen and oxygen atoms in total. The first kappa shape index (κ1) is 28.2. The topological polar surface area (TPSA) is 85.4 Å². The lowest BCUT2D eigenvalue weighted by Gasteiger charge is -2.15. The number of thiazole rings is 1. The maximum atomic E-state index is 12.0. The first-order valence-corrected chi connectivity index (χ1v) is 14.4. The molecule has 1 amide bonds. The number of hydrogen-bond donors (Lipinski definition) is 2. The van der Waals surface area contributed by atoms with Crippen molar-refractivity contribution >= 4 is 40.5 Å². The van der Waals surface area contributed by atoms with Gasteiger partial charge in [-0.1, -0.05) is 25.4 Å². The molecule has 0 unspecified atom stereocenters. The molecule has 38 heavy (non-hydrogen) atoms. The molecule has 0 spiro atoms. The predicted octanol–water partition coefficient (Wildman–Crippen LogP) is 7.60. The summed E-state index contributed by atoms with van der Waals surface area (Å²) in [7, 11) is 0. The molecule has 0 atom stereocenters. The Morgan fingerprint density at radius 2 is 1.95 bits per heavy atom. The Balaban J connectivity index is 1.46. The Labute approximate surface area is 234 Å². The van der Waals surface area contributed by atoms with E-state index in [4.69, 9.17) is 31.0 Å². The Morgan fingerprint density at radius 3 is 2.63 bits per heavy atom. The van der Waals surface area contributed by atoms with Gasteiger partial charge in [-0.3, -0.25) is 5.32 Å². The van der Waals surface area contributed by atoms with Crippen LogP contribution in [0.15, 0.2) is 30.3 Å². The fraction of sp³-hybridized carbons (Fsp3) is 0.483. The van der Waals surface area contributed by atoms with Crippen molar-refractivity contribution in [2.75, 3.05) is 17.2 Å². The summed E-state index contributed by atoms with van der Waals surface area (Å²) in [6, 6.07) is 9.41. The van der Waals surface area contributed by atoms with Crippen molar-refractivity contribution in [3.05, 3.63) is 62.2 Å². The van der Waals surface area contributed by atoms with Crippen LogP contribution in [-0.4, -0.2) is 28.8 Å². The number of benzene rings is 1. The number of carbonyl (C=O) groups excluding carboxylic acids is 1. The number of hydrogen-bond acceptors (Lipinski definition) is 7. The molecule has 204 valence electrons. The summed E-state index contributed by atoms with van der Waals surface area (Å²) in [6.45, 7) is 11.3. The van der Waals surface area contributed by atoms with Crippen LogP contribution in [0.4, 0.5) is 16.3 Å². The number of amides is 1. The first-order chi connectivity index (χ1) is 18.1. The van der Waals surface area contributed by atoms with Gasteiger partial charge >= 0.3 is 6.09 Å². The zero-order valence-electron chi connectivity index (χ0n) is 22.8. The molecule has 3 aromatic rings. The van der Waals surface area contributed by atoms with Crippen LogP contribution < -0.4 is 15.4 Å². The SMILES string of the molecule is CCc1sc(CCc2cc(OCC3(C)CC3)cc(NCc3cc(Cl)cc(NC(=O)OC(C)C)c3)n2)nc1C. The molecular weight excluding hydrogens is 520 g/mol. The number of rotatable bonds is 12. The van der Waals surface area contributed by atoms with Crippen molar-refractivity contribution in [3.63, 3.8) is 0 Å². The third kappa shape index (κ3) is 8.33. The summed E-state index contributed by atoms with van der Waals surface area (Å²) in [5.74, 6) is 1.55. The fourth-order valence-electron chi connectivity index (χ4n) is 4.01. The number of nitrogens with zero attached hydrogens (tertiary/aromatic N) is 2. The van der Waals surface area contributed by atoms with Crippen LogP contribution in [0.25, 0.3) is 0 Å². The summed E-state index contributed by atoms with van der Waals surface area (Å²) < 4.78 is 11.4. The molecule has 1 aromatic carbocycles. The van der Waals surface area contributed by atoms with Crippen LogP contribution in [0.3, 0.4) is 0 Å². The summed E-state index contributed by atoms with van der Waals surface area (Å²) in [5.41, 5.74) is 3.86. The molecule has 1 aliphatic carbocycles. The Kier molecular flexibility index (Phi) is 9.15. The van der Waals surface area contributed by atoms with E-state index in [1.165, 1.54) is 17.7 Å². The molecule has 1 fully saturated rings. The molecule has 9 heteroatoms. The summed E-state index contributed by atoms with van der Waals surface area (Å²) in [4.78, 5) is 23.0. The third-order valence-electron chi connectivity index (χ3n) is 6.42. The van der Waals surface area contributed by atoms with Crippen LogP contribution in [0.1, 0.15) is 67.4 Å². The number of ether oxygens (including phenoxy) is 2. The standard InChI is InChI=1S/C29H37ClN4O3S/c1-6-25-19(4)32-27(38-25)8-7-22-14-24(36-17-29(5)9-10-29)15-26(33-22)31-16-20-11-21(30)13-23(12-20)34-28(35)37-18(2)3/h11-15,18H,6-10,16-17H2,1-5H3,(H,31,33)(H,34,35). The quantitative estimate of drug-likeness (QED) is 0.239. The zero-order valence-corrected chi connectivity index (χ0v) is 24.4. The maximum Gasteiger partial charge on any atom is 0.411 e. The second kappa shape index (κ2) is 12.3. The molecule has 0 saturated heterocycles. The van der Waals surface area contributed by atoms with E-state index < -0.39 is 6.09 Å². The van der Waals surface area contributed by atoms with E-state index in [-0.39, 0.29) is 11.5 Å². The van der Waals surface area contributed by atoms with Gasteiger partial charge in [0.15, 0.2) is 0 Å². The van der Waals surface area contributed by atoms with E-state index in [9.17, 15) is 4.79 Å². The van der Waals surface area contributed by atoms with Gasteiger partial charge < -0.3 is 14.8 Å². The second-order valence-electron chi connectivity index (χ2n) is 10.5. The second-order valence-corrected chi connectivity index (χ2v) is 12.1. The number of halogens is 1. The van der Waals surface area contributed by atoms with Crippen molar-refractivity contribution in [2.45, 2.75) is 79.4 Å². The first-order valence-electron chi connectivity index (χ1n) is 13.2. The fourth-order valence-corrected chi connectivity index (χ4v) is 5.28. The van der Waals surface area contributed by atoms with Gasteiger partial charge in [0.25, 0.3) is 0 Å². The lowest BCUT2D eigenvalue weighted by Crippen LogP contribution is -2.18. The molecule has 0 radical (unpaired) electrons. The number of anilines is 2. The number of aryl methyl sites for hydroxylation is 4. The monoisotopic (exact) mass is 556 g/mol. The number of aromatic nitrogens is 2. The van der Waals surface area contributed by atoms with Crippen molar-refractivity contribution < 1.29 is 14.3 Å². The smallest absolute Gasteiger partial charge is 0.411 e. The number of carbonyl (C=O) groups is 1. The van der Waals surface area contributed by atoms with Crippen molar-refractivity contribution in [1.29, 1.82) is 0 Å². The minimum atomic E-state index is -0.511. The van der Waals surface area contributed by atoms with E-state index in [1.807, 2.05) is 24.3 Å². The van der Waals surface area contributed by atoms with Crippen molar-refractivity contribution in [3.8, 4) is 5.75 Å². The van der Waals surface area contributed by atoms with Gasteiger partial charge in [-0.15, -0.1) is 11.3 Å².